The van der Waals surface area contributed by atoms with Crippen LogP contribution in [0.1, 0.15) is 359 Å². The van der Waals surface area contributed by atoms with E-state index in [0.717, 1.165) is 38.5 Å². The summed E-state index contributed by atoms with van der Waals surface area (Å²) in [5, 5.41) is 22.1. The van der Waals surface area contributed by atoms with Gasteiger partial charge in [-0.25, -0.2) is 9.59 Å². The normalized spacial score (nSPS) is 11.7. The van der Waals surface area contributed by atoms with Gasteiger partial charge in [0.2, 0.25) is 0 Å². The van der Waals surface area contributed by atoms with E-state index in [1.54, 1.807) is 0 Å². The van der Waals surface area contributed by atoms with Gasteiger partial charge in [0.15, 0.2) is 5.66 Å². The van der Waals surface area contributed by atoms with Crippen LogP contribution >= 0.6 is 0 Å². The van der Waals surface area contributed by atoms with Gasteiger partial charge in [-0.2, -0.15) is 0 Å². The van der Waals surface area contributed by atoms with Crippen molar-refractivity contribution in [1.29, 1.82) is 0 Å². The molecule has 0 aliphatic carbocycles. The molecule has 2 N–H and O–H groups in total. The predicted octanol–water partition coefficient (Wildman–Crippen LogP) is 24.2. The highest BCUT2D eigenvalue weighted by Gasteiger charge is 2.50. The molecule has 0 unspecified atom stereocenters. The highest BCUT2D eigenvalue weighted by molar-refractivity contribution is 5.73. The van der Waals surface area contributed by atoms with Gasteiger partial charge in [-0.15, -0.1) is 0 Å². The quantitative estimate of drug-likeness (QED) is 0.0511. The van der Waals surface area contributed by atoms with Crippen molar-refractivity contribution in [2.45, 2.75) is 353 Å². The minimum absolute atomic E-state index is 0.266. The maximum atomic E-state index is 13.5. The molecule has 2 aromatic carbocycles. The first kappa shape index (κ1) is 70.1. The molecule has 6 nitrogen and oxygen atoms in total. The third kappa shape index (κ3) is 36.1. The van der Waals surface area contributed by atoms with Gasteiger partial charge in [0.25, 0.3) is 0 Å². The molecule has 0 saturated heterocycles. The lowest BCUT2D eigenvalue weighted by Gasteiger charge is -2.49. The second-order valence-electron chi connectivity index (χ2n) is 24.0. The van der Waals surface area contributed by atoms with Crippen LogP contribution in [-0.4, -0.2) is 45.3 Å². The first-order valence-corrected chi connectivity index (χ1v) is 34.1. The van der Waals surface area contributed by atoms with E-state index in [1.807, 2.05) is 60.7 Å². The molecule has 0 aliphatic rings. The van der Waals surface area contributed by atoms with E-state index in [9.17, 15) is 19.8 Å². The molecule has 0 radical (unpaired) electrons. The fraction of sp³-hybridized carbons (Fsp3) is 0.803. The number of benzene rings is 2. The second kappa shape index (κ2) is 52.4. The first-order chi connectivity index (χ1) is 38.0. The van der Waals surface area contributed by atoms with E-state index in [0.29, 0.717) is 24.0 Å². The molecule has 0 saturated carbocycles. The van der Waals surface area contributed by atoms with E-state index in [-0.39, 0.29) is 13.1 Å². The molecule has 444 valence electrons. The lowest BCUT2D eigenvalue weighted by atomic mass is 9.87. The predicted molar refractivity (Wildman–Crippen MR) is 335 cm³/mol. The molecule has 0 aliphatic heterocycles. The molecule has 0 spiro atoms. The summed E-state index contributed by atoms with van der Waals surface area (Å²) in [4.78, 5) is 29.9. The number of rotatable bonds is 58. The Bertz CT molecular complexity index is 1440. The molecule has 0 bridgehead atoms. The van der Waals surface area contributed by atoms with Crippen molar-refractivity contribution < 1.29 is 19.8 Å². The van der Waals surface area contributed by atoms with E-state index < -0.39 is 17.8 Å². The number of nitrogens with zero attached hydrogens (tertiary/aromatic N) is 2. The van der Waals surface area contributed by atoms with Crippen LogP contribution < -0.4 is 0 Å². The summed E-state index contributed by atoms with van der Waals surface area (Å²) < 4.78 is 0. The molecule has 0 heterocycles. The van der Waals surface area contributed by atoms with Crippen LogP contribution in [0.25, 0.3) is 0 Å². The molecule has 77 heavy (non-hydrogen) atoms. The average molecular weight is 1070 g/mol. The molecule has 2 rings (SSSR count). The van der Waals surface area contributed by atoms with Crippen molar-refractivity contribution >= 4 is 12.2 Å². The van der Waals surface area contributed by atoms with Gasteiger partial charge in [0, 0.05) is 24.2 Å². The van der Waals surface area contributed by atoms with Crippen LogP contribution in [-0.2, 0) is 5.66 Å². The summed E-state index contributed by atoms with van der Waals surface area (Å²) >= 11 is 0. The zero-order chi connectivity index (χ0) is 55.2. The van der Waals surface area contributed by atoms with Crippen molar-refractivity contribution in [3.8, 4) is 0 Å². The molecule has 2 aromatic rings. The Kier molecular flexibility index (Phi) is 47.7. The van der Waals surface area contributed by atoms with Crippen LogP contribution in [0.3, 0.4) is 0 Å². The third-order valence-corrected chi connectivity index (χ3v) is 17.1. The van der Waals surface area contributed by atoms with Gasteiger partial charge in [0.05, 0.1) is 0 Å². The van der Waals surface area contributed by atoms with Crippen molar-refractivity contribution in [2.75, 3.05) is 13.1 Å². The molecule has 0 fully saturated rings. The summed E-state index contributed by atoms with van der Waals surface area (Å²) in [6.07, 6.45) is 67.0. The number of carbonyl (C=O) groups is 2. The molecule has 6 heteroatoms. The summed E-state index contributed by atoms with van der Waals surface area (Å²) in [5.74, 6) is 0. The number of amides is 2. The maximum absolute atomic E-state index is 13.5. The number of hydrogen-bond acceptors (Lipinski definition) is 2. The Balaban J connectivity index is 1.64. The minimum Gasteiger partial charge on any atom is -0.465 e. The van der Waals surface area contributed by atoms with Crippen molar-refractivity contribution in [1.82, 2.24) is 9.80 Å². The molecular formula is C71H126N2O4. The van der Waals surface area contributed by atoms with E-state index in [1.165, 1.54) is 292 Å². The molecule has 2 amide bonds. The van der Waals surface area contributed by atoms with Gasteiger partial charge in [-0.05, 0) is 12.8 Å². The SMILES string of the molecule is CCCCCCCCCCCCCCCCCCCCCCCCCCCCN(C(=O)O)C(c1ccccc1)(c1ccccc1)N(CCCCCCCCCCCCCCCCCCCCCCCCCCCC)C(=O)O. The van der Waals surface area contributed by atoms with Crippen LogP contribution in [0.5, 0.6) is 0 Å². The van der Waals surface area contributed by atoms with Crippen molar-refractivity contribution in [2.24, 2.45) is 0 Å². The first-order valence-electron chi connectivity index (χ1n) is 34.1. The lowest BCUT2D eigenvalue weighted by molar-refractivity contribution is -0.0128. The topological polar surface area (TPSA) is 81.1 Å². The standard InChI is InChI=1S/C71H126N2O4/c1-3-5-7-9-11-13-15-17-19-21-23-25-27-29-31-33-35-37-39-41-43-45-47-49-51-59-65-72(69(74)75)71(67-61-55-53-56-62-67,68-63-57-54-58-64-68)73(70(76)77)66-60-52-50-48-46-44-42-40-38-36-34-32-30-28-26-24-22-20-18-16-14-12-10-8-6-4-2/h53-58,61-64H,3-52,59-60,65-66H2,1-2H3,(H,74,75)(H,76,77). The summed E-state index contributed by atoms with van der Waals surface area (Å²) in [6, 6.07) is 19.0. The van der Waals surface area contributed by atoms with Gasteiger partial charge in [-0.3, -0.25) is 9.80 Å². The third-order valence-electron chi connectivity index (χ3n) is 17.1. The molecule has 0 aromatic heterocycles. The highest BCUT2D eigenvalue weighted by Crippen LogP contribution is 2.41. The fourth-order valence-corrected chi connectivity index (χ4v) is 12.2. The smallest absolute Gasteiger partial charge is 0.409 e. The summed E-state index contributed by atoms with van der Waals surface area (Å²) in [6.45, 7) is 5.12. The van der Waals surface area contributed by atoms with Gasteiger partial charge in [0.1, 0.15) is 0 Å². The van der Waals surface area contributed by atoms with Crippen molar-refractivity contribution in [3.63, 3.8) is 0 Å². The monoisotopic (exact) mass is 1070 g/mol. The summed E-state index contributed by atoms with van der Waals surface area (Å²) in [5.41, 5.74) is -0.167. The lowest BCUT2D eigenvalue weighted by Crippen LogP contribution is -2.62. The minimum atomic E-state index is -1.50. The van der Waals surface area contributed by atoms with E-state index in [4.69, 9.17) is 0 Å². The number of unbranched alkanes of at least 4 members (excludes halogenated alkanes) is 50. The van der Waals surface area contributed by atoms with Crippen LogP contribution in [0.4, 0.5) is 9.59 Å². The largest absolute Gasteiger partial charge is 0.465 e. The van der Waals surface area contributed by atoms with Crippen molar-refractivity contribution in [3.05, 3.63) is 71.8 Å². The Morgan fingerprint density at radius 3 is 0.584 bits per heavy atom. The van der Waals surface area contributed by atoms with E-state index in [2.05, 4.69) is 13.8 Å². The Morgan fingerprint density at radius 2 is 0.429 bits per heavy atom. The average Bonchev–Trinajstić information content (AvgIpc) is 3.44. The van der Waals surface area contributed by atoms with E-state index >= 15 is 0 Å². The maximum Gasteiger partial charge on any atom is 0.409 e. The van der Waals surface area contributed by atoms with Crippen LogP contribution in [0, 0.1) is 0 Å². The molecular weight excluding hydrogens is 945 g/mol. The van der Waals surface area contributed by atoms with Crippen LogP contribution in [0.2, 0.25) is 0 Å². The second-order valence-corrected chi connectivity index (χ2v) is 24.0. The van der Waals surface area contributed by atoms with Crippen LogP contribution in [0.15, 0.2) is 60.7 Å². The zero-order valence-electron chi connectivity index (χ0n) is 51.1. The Morgan fingerprint density at radius 1 is 0.273 bits per heavy atom. The number of carboxylic acid groups (broad SMARTS) is 2. The fourth-order valence-electron chi connectivity index (χ4n) is 12.2. The van der Waals surface area contributed by atoms with Gasteiger partial charge in [-0.1, -0.05) is 396 Å². The Labute approximate surface area is 477 Å². The number of hydrogen-bond donors (Lipinski definition) is 2. The molecule has 0 atom stereocenters. The highest BCUT2D eigenvalue weighted by atomic mass is 16.4. The zero-order valence-corrected chi connectivity index (χ0v) is 51.1. The summed E-state index contributed by atoms with van der Waals surface area (Å²) in [7, 11) is 0. The van der Waals surface area contributed by atoms with Gasteiger partial charge < -0.3 is 10.2 Å². The Hall–Kier alpha value is -3.02. The van der Waals surface area contributed by atoms with Gasteiger partial charge >= 0.3 is 12.2 Å².